The summed E-state index contributed by atoms with van der Waals surface area (Å²) in [5, 5.41) is 0. The second-order valence-corrected chi connectivity index (χ2v) is 6.75. The van der Waals surface area contributed by atoms with Gasteiger partial charge in [-0.25, -0.2) is 14.8 Å². The van der Waals surface area contributed by atoms with E-state index >= 15 is 0 Å². The number of nitrogens with two attached hydrogens (primary N) is 1. The van der Waals surface area contributed by atoms with Gasteiger partial charge in [-0.1, -0.05) is 12.1 Å². The number of aryl methyl sites for hydroxylation is 1. The summed E-state index contributed by atoms with van der Waals surface area (Å²) in [7, 11) is 1.35. The first-order valence-corrected chi connectivity index (χ1v) is 9.23. The van der Waals surface area contributed by atoms with E-state index in [9.17, 15) is 4.79 Å². The van der Waals surface area contributed by atoms with E-state index in [1.165, 1.54) is 12.0 Å². The average molecular weight is 370 g/mol. The molecular formula is C19H24N5O3+. The number of nitrogens with one attached hydrogen (secondary N) is 1. The van der Waals surface area contributed by atoms with Crippen LogP contribution in [0.15, 0.2) is 24.3 Å². The van der Waals surface area contributed by atoms with Gasteiger partial charge in [0.05, 0.1) is 37.9 Å². The molecule has 3 heterocycles. The minimum Gasteiger partial charge on any atom is -0.465 e. The number of benzene rings is 1. The number of carbonyl (C=O) groups excluding carboxylic acids is 1. The molecule has 0 aliphatic carbocycles. The van der Waals surface area contributed by atoms with Crippen LogP contribution in [0.1, 0.15) is 16.8 Å². The number of hydrogen-bond acceptors (Lipinski definition) is 6. The van der Waals surface area contributed by atoms with Crippen LogP contribution >= 0.6 is 0 Å². The topological polar surface area (TPSA) is 96.7 Å². The lowest BCUT2D eigenvalue weighted by Gasteiger charge is -2.23. The van der Waals surface area contributed by atoms with Crippen molar-refractivity contribution in [2.24, 2.45) is 0 Å². The zero-order chi connectivity index (χ0) is 18.8. The second-order valence-electron chi connectivity index (χ2n) is 6.75. The summed E-state index contributed by atoms with van der Waals surface area (Å²) >= 11 is 0. The van der Waals surface area contributed by atoms with Crippen LogP contribution in [0.2, 0.25) is 0 Å². The van der Waals surface area contributed by atoms with Crippen LogP contribution < -0.4 is 10.6 Å². The second kappa shape index (κ2) is 7.50. The largest absolute Gasteiger partial charge is 0.465 e. The SMILES string of the molecule is COC(=O)c1c(N)n(CCC[NH+]2CCOCC2)c2nc3ccccc3nc12. The molecule has 0 bridgehead atoms. The van der Waals surface area contributed by atoms with E-state index in [0.29, 0.717) is 29.1 Å². The van der Waals surface area contributed by atoms with Crippen molar-refractivity contribution in [1.29, 1.82) is 0 Å². The molecule has 0 radical (unpaired) electrons. The van der Waals surface area contributed by atoms with Crippen LogP contribution in [-0.4, -0.2) is 60.5 Å². The molecule has 2 aromatic heterocycles. The lowest BCUT2D eigenvalue weighted by molar-refractivity contribution is -0.908. The molecule has 1 aliphatic heterocycles. The van der Waals surface area contributed by atoms with Crippen LogP contribution in [0.25, 0.3) is 22.2 Å². The summed E-state index contributed by atoms with van der Waals surface area (Å²) in [6.45, 7) is 5.38. The van der Waals surface area contributed by atoms with Crippen molar-refractivity contribution >= 4 is 34.0 Å². The van der Waals surface area contributed by atoms with Crippen LogP contribution in [0.5, 0.6) is 0 Å². The molecule has 3 N–H and O–H groups in total. The molecule has 0 saturated carbocycles. The first-order chi connectivity index (χ1) is 13.2. The van der Waals surface area contributed by atoms with Crippen molar-refractivity contribution in [3.8, 4) is 0 Å². The Labute approximate surface area is 156 Å². The standard InChI is InChI=1S/C19H23N5O3/c1-26-19(25)15-16-18(22-14-6-3-2-5-13(14)21-16)24(17(15)20)8-4-7-23-9-11-27-12-10-23/h2-3,5-6H,4,7-12,20H2,1H3/p+1. The Kier molecular flexibility index (Phi) is 4.91. The molecule has 0 atom stereocenters. The van der Waals surface area contributed by atoms with Crippen LogP contribution in [0.3, 0.4) is 0 Å². The molecule has 0 amide bonds. The van der Waals surface area contributed by atoms with Gasteiger partial charge in [0, 0.05) is 13.0 Å². The molecule has 142 valence electrons. The highest BCUT2D eigenvalue weighted by Gasteiger charge is 2.24. The van der Waals surface area contributed by atoms with Gasteiger partial charge in [-0.3, -0.25) is 0 Å². The number of quaternary nitrogens is 1. The molecule has 8 nitrogen and oxygen atoms in total. The van der Waals surface area contributed by atoms with Gasteiger partial charge in [0.1, 0.15) is 30.0 Å². The molecule has 4 rings (SSSR count). The summed E-state index contributed by atoms with van der Waals surface area (Å²) in [6, 6.07) is 7.60. The van der Waals surface area contributed by atoms with Gasteiger partial charge in [0.15, 0.2) is 5.65 Å². The third kappa shape index (κ3) is 3.33. The van der Waals surface area contributed by atoms with Gasteiger partial charge in [0.2, 0.25) is 0 Å². The van der Waals surface area contributed by atoms with Crippen molar-refractivity contribution in [3.05, 3.63) is 29.8 Å². The number of anilines is 1. The van der Waals surface area contributed by atoms with Crippen LogP contribution in [-0.2, 0) is 16.0 Å². The Morgan fingerprint density at radius 3 is 2.67 bits per heavy atom. The number of nitrogen functional groups attached to an aromatic ring is 1. The number of morpholine rings is 1. The number of ether oxygens (including phenoxy) is 2. The zero-order valence-corrected chi connectivity index (χ0v) is 15.4. The molecule has 0 unspecified atom stereocenters. The van der Waals surface area contributed by atoms with Crippen molar-refractivity contribution in [2.45, 2.75) is 13.0 Å². The Morgan fingerprint density at radius 2 is 1.96 bits per heavy atom. The van der Waals surface area contributed by atoms with Gasteiger partial charge in [-0.15, -0.1) is 0 Å². The minimum absolute atomic E-state index is 0.296. The van der Waals surface area contributed by atoms with E-state index in [4.69, 9.17) is 20.2 Å². The molecular weight excluding hydrogens is 346 g/mol. The van der Waals surface area contributed by atoms with Crippen molar-refractivity contribution < 1.29 is 19.2 Å². The fraction of sp³-hybridized carbons (Fsp3) is 0.421. The van der Waals surface area contributed by atoms with E-state index in [-0.39, 0.29) is 0 Å². The number of para-hydroxylation sites is 2. The molecule has 1 fully saturated rings. The van der Waals surface area contributed by atoms with Crippen LogP contribution in [0.4, 0.5) is 5.82 Å². The fourth-order valence-electron chi connectivity index (χ4n) is 3.64. The molecule has 0 spiro atoms. The quantitative estimate of drug-likeness (QED) is 0.626. The summed E-state index contributed by atoms with van der Waals surface area (Å²) in [4.78, 5) is 23.2. The average Bonchev–Trinajstić information content (AvgIpc) is 2.97. The first-order valence-electron chi connectivity index (χ1n) is 9.23. The van der Waals surface area contributed by atoms with E-state index in [2.05, 4.69) is 4.98 Å². The number of methoxy groups -OCH3 is 1. The van der Waals surface area contributed by atoms with E-state index < -0.39 is 5.97 Å². The Morgan fingerprint density at radius 1 is 1.26 bits per heavy atom. The van der Waals surface area contributed by atoms with Crippen LogP contribution in [0, 0.1) is 0 Å². The molecule has 27 heavy (non-hydrogen) atoms. The maximum atomic E-state index is 12.3. The number of nitrogens with zero attached hydrogens (tertiary/aromatic N) is 3. The number of esters is 1. The predicted octanol–water partition coefficient (Wildman–Crippen LogP) is 0.259. The predicted molar refractivity (Wildman–Crippen MR) is 102 cm³/mol. The molecule has 3 aromatic rings. The summed E-state index contributed by atoms with van der Waals surface area (Å²) in [5.74, 6) is -0.122. The highest BCUT2D eigenvalue weighted by molar-refractivity contribution is 6.08. The highest BCUT2D eigenvalue weighted by atomic mass is 16.5. The van der Waals surface area contributed by atoms with E-state index in [0.717, 1.165) is 50.3 Å². The van der Waals surface area contributed by atoms with Crippen molar-refractivity contribution in [2.75, 3.05) is 45.7 Å². The number of rotatable bonds is 5. The Balaban J connectivity index is 1.70. The molecule has 1 aromatic carbocycles. The summed E-state index contributed by atoms with van der Waals surface area (Å²) < 4.78 is 12.2. The number of aromatic nitrogens is 3. The number of fused-ring (bicyclic) bond motifs is 2. The molecule has 8 heteroatoms. The van der Waals surface area contributed by atoms with E-state index in [1.54, 1.807) is 0 Å². The normalized spacial score (nSPS) is 15.4. The number of hydrogen-bond donors (Lipinski definition) is 2. The minimum atomic E-state index is -0.486. The van der Waals surface area contributed by atoms with Gasteiger partial charge in [-0.2, -0.15) is 0 Å². The van der Waals surface area contributed by atoms with E-state index in [1.807, 2.05) is 28.8 Å². The molecule has 1 saturated heterocycles. The van der Waals surface area contributed by atoms with Gasteiger partial charge >= 0.3 is 5.97 Å². The first kappa shape index (κ1) is 17.7. The molecule has 1 aliphatic rings. The lowest BCUT2D eigenvalue weighted by atomic mass is 10.2. The number of carbonyl (C=O) groups is 1. The fourth-order valence-corrected chi connectivity index (χ4v) is 3.64. The summed E-state index contributed by atoms with van der Waals surface area (Å²) in [5.41, 5.74) is 9.25. The monoisotopic (exact) mass is 370 g/mol. The smallest absolute Gasteiger partial charge is 0.343 e. The van der Waals surface area contributed by atoms with Gasteiger partial charge < -0.3 is 24.7 Å². The zero-order valence-electron chi connectivity index (χ0n) is 15.4. The highest BCUT2D eigenvalue weighted by Crippen LogP contribution is 2.28. The van der Waals surface area contributed by atoms with Crippen molar-refractivity contribution in [1.82, 2.24) is 14.5 Å². The summed E-state index contributed by atoms with van der Waals surface area (Å²) in [6.07, 6.45) is 0.929. The van der Waals surface area contributed by atoms with Gasteiger partial charge in [0.25, 0.3) is 0 Å². The third-order valence-electron chi connectivity index (χ3n) is 5.09. The maximum absolute atomic E-state index is 12.3. The lowest BCUT2D eigenvalue weighted by Crippen LogP contribution is -3.14. The van der Waals surface area contributed by atoms with Gasteiger partial charge in [-0.05, 0) is 12.1 Å². The maximum Gasteiger partial charge on any atom is 0.343 e. The Hall–Kier alpha value is -2.71. The Bertz CT molecular complexity index is 978. The third-order valence-corrected chi connectivity index (χ3v) is 5.09. The van der Waals surface area contributed by atoms with Crippen molar-refractivity contribution in [3.63, 3.8) is 0 Å².